The fraction of sp³-hybridized carbons (Fsp3) is 0.538. The average molecular weight is 348 g/mol. The van der Waals surface area contributed by atoms with Crippen LogP contribution in [0.15, 0.2) is 23.1 Å². The van der Waals surface area contributed by atoms with E-state index < -0.39 is 31.5 Å². The Morgan fingerprint density at radius 3 is 2.27 bits per heavy atom. The number of benzene rings is 1. The van der Waals surface area contributed by atoms with Gasteiger partial charge in [-0.3, -0.25) is 4.55 Å². The third kappa shape index (κ3) is 4.34. The largest absolute Gasteiger partial charge is 0.399 e. The van der Waals surface area contributed by atoms with Crippen molar-refractivity contribution in [2.24, 2.45) is 0 Å². The molecule has 9 heteroatoms. The maximum Gasteiger partial charge on any atom is 0.265 e. The van der Waals surface area contributed by atoms with E-state index in [0.29, 0.717) is 11.4 Å². The van der Waals surface area contributed by atoms with E-state index in [2.05, 4.69) is 0 Å². The molecule has 0 atom stereocenters. The number of piperidine rings is 1. The molecule has 1 aliphatic heterocycles. The molecule has 1 aliphatic rings. The molecule has 0 bridgehead atoms. The number of nitrogen functional groups attached to an aromatic ring is 1. The number of rotatable bonds is 5. The number of nitrogens with zero attached hydrogens (tertiary/aromatic N) is 1. The van der Waals surface area contributed by atoms with Crippen molar-refractivity contribution in [1.82, 2.24) is 0 Å². The summed E-state index contributed by atoms with van der Waals surface area (Å²) in [5, 5.41) is 0. The van der Waals surface area contributed by atoms with Crippen LogP contribution in [0.1, 0.15) is 19.3 Å². The molecule has 0 spiro atoms. The first kappa shape index (κ1) is 17.0. The minimum absolute atomic E-state index is 0.0260. The second kappa shape index (κ2) is 6.43. The van der Waals surface area contributed by atoms with Crippen LogP contribution in [0, 0.1) is 0 Å². The van der Waals surface area contributed by atoms with Gasteiger partial charge in [0.15, 0.2) is 9.84 Å². The first-order valence-corrected chi connectivity index (χ1v) is 10.3. The first-order valence-electron chi connectivity index (χ1n) is 7.01. The third-order valence-corrected chi connectivity index (χ3v) is 6.34. The number of hydrogen-bond donors (Lipinski definition) is 2. The average Bonchev–Trinajstić information content (AvgIpc) is 2.45. The Balaban J connectivity index is 2.37. The third-order valence-electron chi connectivity index (χ3n) is 3.63. The zero-order valence-electron chi connectivity index (χ0n) is 12.1. The highest BCUT2D eigenvalue weighted by molar-refractivity contribution is 7.93. The van der Waals surface area contributed by atoms with Crippen molar-refractivity contribution in [1.29, 1.82) is 0 Å². The van der Waals surface area contributed by atoms with Crippen LogP contribution in [0.25, 0.3) is 0 Å². The van der Waals surface area contributed by atoms with Gasteiger partial charge in [-0.15, -0.1) is 0 Å². The Kier molecular flexibility index (Phi) is 4.98. The van der Waals surface area contributed by atoms with E-state index in [1.165, 1.54) is 6.07 Å². The van der Waals surface area contributed by atoms with Crippen LogP contribution in [0.3, 0.4) is 0 Å². The Morgan fingerprint density at radius 2 is 1.68 bits per heavy atom. The van der Waals surface area contributed by atoms with Crippen molar-refractivity contribution >= 4 is 31.3 Å². The molecule has 0 radical (unpaired) electrons. The van der Waals surface area contributed by atoms with E-state index in [1.54, 1.807) is 12.1 Å². The molecule has 2 rings (SSSR count). The molecule has 22 heavy (non-hydrogen) atoms. The quantitative estimate of drug-likeness (QED) is 0.600. The van der Waals surface area contributed by atoms with E-state index >= 15 is 0 Å². The van der Waals surface area contributed by atoms with Gasteiger partial charge in [0.2, 0.25) is 0 Å². The summed E-state index contributed by atoms with van der Waals surface area (Å²) in [4.78, 5) is 2.00. The molecule has 124 valence electrons. The molecule has 7 nitrogen and oxygen atoms in total. The lowest BCUT2D eigenvalue weighted by molar-refractivity contribution is 0.484. The van der Waals surface area contributed by atoms with Crippen LogP contribution in [0.4, 0.5) is 11.4 Å². The fourth-order valence-corrected chi connectivity index (χ4v) is 5.27. The highest BCUT2D eigenvalue weighted by Gasteiger charge is 2.25. The summed E-state index contributed by atoms with van der Waals surface area (Å²) in [6, 6.07) is 4.63. The summed E-state index contributed by atoms with van der Waals surface area (Å²) in [5.41, 5.74) is 6.53. The Bertz CT molecular complexity index is 738. The Labute approximate surface area is 130 Å². The maximum atomic E-state index is 12.4. The van der Waals surface area contributed by atoms with Gasteiger partial charge in [-0.25, -0.2) is 8.42 Å². The van der Waals surface area contributed by atoms with Gasteiger partial charge in [-0.1, -0.05) is 0 Å². The van der Waals surface area contributed by atoms with Crippen molar-refractivity contribution in [3.05, 3.63) is 18.2 Å². The van der Waals surface area contributed by atoms with Gasteiger partial charge < -0.3 is 10.6 Å². The van der Waals surface area contributed by atoms with Crippen LogP contribution in [-0.4, -0.2) is 46.0 Å². The summed E-state index contributed by atoms with van der Waals surface area (Å²) < 4.78 is 55.3. The summed E-state index contributed by atoms with van der Waals surface area (Å²) in [7, 11) is -8.19. The number of sulfone groups is 1. The number of hydrogen-bond acceptors (Lipinski definition) is 6. The Morgan fingerprint density at radius 1 is 1.05 bits per heavy atom. The van der Waals surface area contributed by atoms with Gasteiger partial charge in [0.1, 0.15) is 0 Å². The summed E-state index contributed by atoms with van der Waals surface area (Å²) >= 11 is 0. The van der Waals surface area contributed by atoms with Crippen molar-refractivity contribution in [2.45, 2.75) is 24.2 Å². The van der Waals surface area contributed by atoms with E-state index in [9.17, 15) is 16.8 Å². The molecular formula is C13H20N2O5S2. The zero-order valence-corrected chi connectivity index (χ0v) is 13.7. The number of anilines is 2. The first-order chi connectivity index (χ1) is 10.2. The van der Waals surface area contributed by atoms with Crippen molar-refractivity contribution in [2.75, 3.05) is 35.2 Å². The van der Waals surface area contributed by atoms with E-state index in [-0.39, 0.29) is 4.90 Å². The van der Waals surface area contributed by atoms with E-state index in [1.807, 2.05) is 4.90 Å². The molecular weight excluding hydrogens is 328 g/mol. The highest BCUT2D eigenvalue weighted by atomic mass is 32.2. The normalized spacial score (nSPS) is 16.7. The van der Waals surface area contributed by atoms with Crippen molar-refractivity contribution in [3.8, 4) is 0 Å². The van der Waals surface area contributed by atoms with E-state index in [0.717, 1.165) is 32.4 Å². The summed E-state index contributed by atoms with van der Waals surface area (Å²) in [5.74, 6) is -1.50. The van der Waals surface area contributed by atoms with Crippen molar-refractivity contribution < 1.29 is 21.4 Å². The molecule has 0 unspecified atom stereocenters. The minimum Gasteiger partial charge on any atom is -0.399 e. The van der Waals surface area contributed by atoms with Crippen LogP contribution < -0.4 is 10.6 Å². The SMILES string of the molecule is Nc1ccc(N2CCCCC2)c(S(=O)(=O)CCS(=O)(=O)O)c1. The molecule has 3 N–H and O–H groups in total. The van der Waals surface area contributed by atoms with Crippen LogP contribution in [0.2, 0.25) is 0 Å². The molecule has 0 aliphatic carbocycles. The van der Waals surface area contributed by atoms with Gasteiger partial charge >= 0.3 is 0 Å². The standard InChI is InChI=1S/C13H20N2O5S2/c14-11-4-5-12(15-6-2-1-3-7-15)13(10-11)21(16,17)8-9-22(18,19)20/h4-5,10H,1-3,6-9,14H2,(H,18,19,20). The second-order valence-electron chi connectivity index (χ2n) is 5.38. The van der Waals surface area contributed by atoms with Crippen LogP contribution >= 0.6 is 0 Å². The van der Waals surface area contributed by atoms with Crippen LogP contribution in [0.5, 0.6) is 0 Å². The lowest BCUT2D eigenvalue weighted by atomic mass is 10.1. The number of nitrogens with two attached hydrogens (primary N) is 1. The molecule has 0 saturated carbocycles. The van der Waals surface area contributed by atoms with Gasteiger partial charge in [0, 0.05) is 18.8 Å². The van der Waals surface area contributed by atoms with Crippen LogP contribution in [-0.2, 0) is 20.0 Å². The molecule has 1 saturated heterocycles. The van der Waals surface area contributed by atoms with Gasteiger partial charge in [-0.2, -0.15) is 8.42 Å². The molecule has 0 aromatic heterocycles. The summed E-state index contributed by atoms with van der Waals surface area (Å²) in [6.07, 6.45) is 3.07. The Hall–Kier alpha value is -1.32. The molecule has 1 fully saturated rings. The highest BCUT2D eigenvalue weighted by Crippen LogP contribution is 2.30. The summed E-state index contributed by atoms with van der Waals surface area (Å²) in [6.45, 7) is 1.51. The van der Waals surface area contributed by atoms with Gasteiger partial charge in [0.25, 0.3) is 10.1 Å². The van der Waals surface area contributed by atoms with Gasteiger partial charge in [0.05, 0.1) is 22.1 Å². The zero-order chi connectivity index (χ0) is 16.4. The molecule has 1 aromatic rings. The van der Waals surface area contributed by atoms with Gasteiger partial charge in [-0.05, 0) is 37.5 Å². The second-order valence-corrected chi connectivity index (χ2v) is 9.03. The lowest BCUT2D eigenvalue weighted by Gasteiger charge is -2.30. The molecule has 1 aromatic carbocycles. The fourth-order valence-electron chi connectivity index (χ4n) is 2.50. The maximum absolute atomic E-state index is 12.4. The monoisotopic (exact) mass is 348 g/mol. The topological polar surface area (TPSA) is 118 Å². The molecule has 1 heterocycles. The predicted octanol–water partition coefficient (Wildman–Crippen LogP) is 0.921. The van der Waals surface area contributed by atoms with E-state index in [4.69, 9.17) is 10.3 Å². The predicted molar refractivity (Wildman–Crippen MR) is 85.4 cm³/mol. The minimum atomic E-state index is -4.34. The smallest absolute Gasteiger partial charge is 0.265 e. The molecule has 0 amide bonds. The van der Waals surface area contributed by atoms with Crippen molar-refractivity contribution in [3.63, 3.8) is 0 Å². The lowest BCUT2D eigenvalue weighted by Crippen LogP contribution is -2.31.